The molecule has 0 atom stereocenters. The maximum atomic E-state index is 11.3. The van der Waals surface area contributed by atoms with E-state index in [0.29, 0.717) is 0 Å². The van der Waals surface area contributed by atoms with E-state index in [1.165, 1.54) is 11.1 Å². The van der Waals surface area contributed by atoms with Crippen molar-refractivity contribution < 1.29 is 8.42 Å². The molecule has 114 valence electrons. The Balaban J connectivity index is 2.06. The first-order valence-electron chi connectivity index (χ1n) is 7.07. The number of halogens is 1. The zero-order valence-electron chi connectivity index (χ0n) is 11.9. The summed E-state index contributed by atoms with van der Waals surface area (Å²) >= 11 is 6.31. The molecule has 2 aromatic carbocycles. The van der Waals surface area contributed by atoms with Crippen molar-refractivity contribution in [3.8, 4) is 0 Å². The zero-order chi connectivity index (χ0) is 15.7. The van der Waals surface area contributed by atoms with Gasteiger partial charge in [-0.1, -0.05) is 41.9 Å². The van der Waals surface area contributed by atoms with Gasteiger partial charge in [-0.3, -0.25) is 0 Å². The Kier molecular flexibility index (Phi) is 4.08. The fraction of sp³-hybridized carbons (Fsp3) is 0.176. The second kappa shape index (κ2) is 5.88. The van der Waals surface area contributed by atoms with Crippen molar-refractivity contribution in [2.24, 2.45) is 5.14 Å². The lowest BCUT2D eigenvalue weighted by Crippen LogP contribution is -2.11. The molecule has 0 fully saturated rings. The van der Waals surface area contributed by atoms with Gasteiger partial charge in [-0.15, -0.1) is 0 Å². The summed E-state index contributed by atoms with van der Waals surface area (Å²) in [6.07, 6.45) is 3.03. The molecule has 3 nitrogen and oxygen atoms in total. The predicted molar refractivity (Wildman–Crippen MR) is 89.9 cm³/mol. The first-order valence-corrected chi connectivity index (χ1v) is 8.99. The lowest BCUT2D eigenvalue weighted by Gasteiger charge is -2.10. The SMILES string of the molecule is NS(=O)(=O)c1ccc(C2=C(c3ccccc3Cl)CCC2)cc1. The summed E-state index contributed by atoms with van der Waals surface area (Å²) in [5.41, 5.74) is 4.56. The van der Waals surface area contributed by atoms with Crippen LogP contribution >= 0.6 is 11.6 Å². The molecule has 0 saturated heterocycles. The Morgan fingerprint density at radius 2 is 1.55 bits per heavy atom. The number of hydrogen-bond acceptors (Lipinski definition) is 2. The van der Waals surface area contributed by atoms with Crippen molar-refractivity contribution in [2.75, 3.05) is 0 Å². The van der Waals surface area contributed by atoms with Crippen LogP contribution in [-0.4, -0.2) is 8.42 Å². The Morgan fingerprint density at radius 3 is 2.18 bits per heavy atom. The molecule has 0 aromatic heterocycles. The first kappa shape index (κ1) is 15.3. The summed E-state index contributed by atoms with van der Waals surface area (Å²) in [4.78, 5) is 0.133. The smallest absolute Gasteiger partial charge is 0.225 e. The first-order chi connectivity index (χ1) is 10.5. The molecule has 1 aliphatic rings. The molecule has 0 bridgehead atoms. The molecule has 0 aliphatic heterocycles. The van der Waals surface area contributed by atoms with Gasteiger partial charge in [0.1, 0.15) is 0 Å². The number of nitrogens with two attached hydrogens (primary N) is 1. The van der Waals surface area contributed by atoms with E-state index in [1.807, 2.05) is 36.4 Å². The van der Waals surface area contributed by atoms with Crippen LogP contribution in [0.4, 0.5) is 0 Å². The molecule has 1 aliphatic carbocycles. The normalized spacial score (nSPS) is 15.4. The summed E-state index contributed by atoms with van der Waals surface area (Å²) in [5.74, 6) is 0. The van der Waals surface area contributed by atoms with Crippen LogP contribution in [0.15, 0.2) is 53.4 Å². The van der Waals surface area contributed by atoms with E-state index in [9.17, 15) is 8.42 Å². The fourth-order valence-corrected chi connectivity index (χ4v) is 3.68. The molecule has 0 amide bonds. The van der Waals surface area contributed by atoms with Gasteiger partial charge in [0, 0.05) is 5.02 Å². The van der Waals surface area contributed by atoms with Gasteiger partial charge in [0.2, 0.25) is 10.0 Å². The third-order valence-corrected chi connectivity index (χ3v) is 5.21. The molecular weight excluding hydrogens is 318 g/mol. The predicted octanol–water partition coefficient (Wildman–Crippen LogP) is 4.08. The van der Waals surface area contributed by atoms with E-state index < -0.39 is 10.0 Å². The van der Waals surface area contributed by atoms with Crippen LogP contribution in [0.1, 0.15) is 30.4 Å². The number of rotatable bonds is 3. The largest absolute Gasteiger partial charge is 0.238 e. The van der Waals surface area contributed by atoms with Crippen molar-refractivity contribution in [1.82, 2.24) is 0 Å². The number of benzene rings is 2. The van der Waals surface area contributed by atoms with Gasteiger partial charge in [-0.05, 0) is 59.7 Å². The second-order valence-electron chi connectivity index (χ2n) is 5.36. The van der Waals surface area contributed by atoms with Crippen LogP contribution < -0.4 is 5.14 Å². The van der Waals surface area contributed by atoms with Crippen molar-refractivity contribution in [2.45, 2.75) is 24.2 Å². The molecule has 0 radical (unpaired) electrons. The lowest BCUT2D eigenvalue weighted by atomic mass is 9.97. The third-order valence-electron chi connectivity index (χ3n) is 3.95. The number of hydrogen-bond donors (Lipinski definition) is 1. The van der Waals surface area contributed by atoms with E-state index in [2.05, 4.69) is 0 Å². The Hall–Kier alpha value is -1.62. The molecule has 0 unspecified atom stereocenters. The van der Waals surface area contributed by atoms with Crippen LogP contribution in [0.3, 0.4) is 0 Å². The molecule has 0 saturated carbocycles. The Bertz CT molecular complexity index is 839. The van der Waals surface area contributed by atoms with Crippen molar-refractivity contribution >= 4 is 32.8 Å². The number of primary sulfonamides is 1. The van der Waals surface area contributed by atoms with E-state index >= 15 is 0 Å². The lowest BCUT2D eigenvalue weighted by molar-refractivity contribution is 0.598. The van der Waals surface area contributed by atoms with E-state index in [1.54, 1.807) is 12.1 Å². The molecule has 5 heteroatoms. The Morgan fingerprint density at radius 1 is 0.909 bits per heavy atom. The highest BCUT2D eigenvalue weighted by Gasteiger charge is 2.19. The topological polar surface area (TPSA) is 60.2 Å². The van der Waals surface area contributed by atoms with Gasteiger partial charge < -0.3 is 0 Å². The minimum atomic E-state index is -3.65. The summed E-state index contributed by atoms with van der Waals surface area (Å²) in [6, 6.07) is 14.6. The average Bonchev–Trinajstić information content (AvgIpc) is 2.96. The van der Waals surface area contributed by atoms with E-state index in [0.717, 1.165) is 35.4 Å². The maximum Gasteiger partial charge on any atom is 0.238 e. The molecule has 0 spiro atoms. The molecule has 3 rings (SSSR count). The van der Waals surface area contributed by atoms with Crippen molar-refractivity contribution in [3.63, 3.8) is 0 Å². The second-order valence-corrected chi connectivity index (χ2v) is 7.33. The molecule has 2 N–H and O–H groups in total. The summed E-state index contributed by atoms with van der Waals surface area (Å²) < 4.78 is 22.7. The third kappa shape index (κ3) is 2.95. The van der Waals surface area contributed by atoms with Crippen LogP contribution in [0.25, 0.3) is 11.1 Å². The minimum Gasteiger partial charge on any atom is -0.225 e. The monoisotopic (exact) mass is 333 g/mol. The summed E-state index contributed by atoms with van der Waals surface area (Å²) in [5, 5.41) is 5.89. The van der Waals surface area contributed by atoms with Gasteiger partial charge in [0.25, 0.3) is 0 Å². The molecule has 22 heavy (non-hydrogen) atoms. The molecule has 2 aromatic rings. The minimum absolute atomic E-state index is 0.133. The highest BCUT2D eigenvalue weighted by Crippen LogP contribution is 2.41. The standard InChI is InChI=1S/C17H16ClNO2S/c18-17-7-2-1-4-16(17)15-6-3-5-14(15)12-8-10-13(11-9-12)22(19,20)21/h1-2,4,7-11H,3,5-6H2,(H2,19,20,21). The zero-order valence-corrected chi connectivity index (χ0v) is 13.5. The van der Waals surface area contributed by atoms with Crippen molar-refractivity contribution in [1.29, 1.82) is 0 Å². The number of sulfonamides is 1. The van der Waals surface area contributed by atoms with Crippen LogP contribution in [0.5, 0.6) is 0 Å². The highest BCUT2D eigenvalue weighted by atomic mass is 35.5. The van der Waals surface area contributed by atoms with Crippen LogP contribution in [0, 0.1) is 0 Å². The molecular formula is C17H16ClNO2S. The fourth-order valence-electron chi connectivity index (χ4n) is 2.91. The van der Waals surface area contributed by atoms with Gasteiger partial charge in [-0.2, -0.15) is 0 Å². The van der Waals surface area contributed by atoms with Gasteiger partial charge >= 0.3 is 0 Å². The van der Waals surface area contributed by atoms with Gasteiger partial charge in [0.15, 0.2) is 0 Å². The van der Waals surface area contributed by atoms with Crippen LogP contribution in [-0.2, 0) is 10.0 Å². The van der Waals surface area contributed by atoms with E-state index in [4.69, 9.17) is 16.7 Å². The highest BCUT2D eigenvalue weighted by molar-refractivity contribution is 7.89. The van der Waals surface area contributed by atoms with Crippen LogP contribution in [0.2, 0.25) is 5.02 Å². The summed E-state index contributed by atoms with van der Waals surface area (Å²) in [6.45, 7) is 0. The Labute approximate surface area is 135 Å². The average molecular weight is 334 g/mol. The molecule has 0 heterocycles. The van der Waals surface area contributed by atoms with E-state index in [-0.39, 0.29) is 4.90 Å². The summed E-state index contributed by atoms with van der Waals surface area (Å²) in [7, 11) is -3.65. The quantitative estimate of drug-likeness (QED) is 0.919. The van der Waals surface area contributed by atoms with Gasteiger partial charge in [-0.25, -0.2) is 13.6 Å². The maximum absolute atomic E-state index is 11.3. The number of allylic oxidation sites excluding steroid dienone is 2. The van der Waals surface area contributed by atoms with Crippen molar-refractivity contribution in [3.05, 3.63) is 64.7 Å². The van der Waals surface area contributed by atoms with Gasteiger partial charge in [0.05, 0.1) is 4.90 Å².